The van der Waals surface area contributed by atoms with Gasteiger partial charge in [-0.1, -0.05) is 0 Å². The number of carbonyl (C=O) groups is 1. The molecular weight excluding hydrogens is 332 g/mol. The number of nitrogens with one attached hydrogen (secondary N) is 1. The SMILES string of the molecule is COCCNCC(=O)N(Cc1cc(OC)ccc1OC)C1CC1.Cl. The van der Waals surface area contributed by atoms with Crippen LogP contribution in [0.3, 0.4) is 0 Å². The van der Waals surface area contributed by atoms with E-state index in [0.29, 0.717) is 32.3 Å². The van der Waals surface area contributed by atoms with Gasteiger partial charge < -0.3 is 24.4 Å². The van der Waals surface area contributed by atoms with Crippen molar-refractivity contribution >= 4 is 18.3 Å². The van der Waals surface area contributed by atoms with Crippen LogP contribution in [0, 0.1) is 0 Å². The molecule has 0 saturated heterocycles. The number of amides is 1. The van der Waals surface area contributed by atoms with E-state index >= 15 is 0 Å². The summed E-state index contributed by atoms with van der Waals surface area (Å²) in [6.07, 6.45) is 2.13. The van der Waals surface area contributed by atoms with Crippen LogP contribution in [0.4, 0.5) is 0 Å². The topological polar surface area (TPSA) is 60.0 Å². The van der Waals surface area contributed by atoms with Crippen molar-refractivity contribution in [2.45, 2.75) is 25.4 Å². The van der Waals surface area contributed by atoms with Crippen molar-refractivity contribution in [1.29, 1.82) is 0 Å². The van der Waals surface area contributed by atoms with Gasteiger partial charge in [-0.25, -0.2) is 0 Å². The lowest BCUT2D eigenvalue weighted by molar-refractivity contribution is -0.131. The molecule has 0 radical (unpaired) electrons. The first-order valence-corrected chi connectivity index (χ1v) is 7.89. The molecule has 0 aliphatic heterocycles. The van der Waals surface area contributed by atoms with Crippen LogP contribution < -0.4 is 14.8 Å². The number of carbonyl (C=O) groups excluding carboxylic acids is 1. The monoisotopic (exact) mass is 358 g/mol. The van der Waals surface area contributed by atoms with E-state index in [1.807, 2.05) is 23.1 Å². The maximum absolute atomic E-state index is 12.5. The molecule has 0 bridgehead atoms. The number of benzene rings is 1. The van der Waals surface area contributed by atoms with Crippen molar-refractivity contribution in [3.8, 4) is 11.5 Å². The molecular formula is C17H27ClN2O4. The van der Waals surface area contributed by atoms with E-state index in [1.54, 1.807) is 21.3 Å². The molecule has 24 heavy (non-hydrogen) atoms. The molecule has 1 saturated carbocycles. The third-order valence-corrected chi connectivity index (χ3v) is 3.90. The van der Waals surface area contributed by atoms with E-state index in [4.69, 9.17) is 14.2 Å². The lowest BCUT2D eigenvalue weighted by Gasteiger charge is -2.24. The highest BCUT2D eigenvalue weighted by Crippen LogP contribution is 2.31. The van der Waals surface area contributed by atoms with E-state index in [0.717, 1.165) is 29.9 Å². The summed E-state index contributed by atoms with van der Waals surface area (Å²) in [5, 5.41) is 3.11. The maximum Gasteiger partial charge on any atom is 0.237 e. The number of halogens is 1. The Morgan fingerprint density at radius 1 is 1.25 bits per heavy atom. The van der Waals surface area contributed by atoms with Gasteiger partial charge in [0, 0.05) is 31.8 Å². The molecule has 1 aromatic carbocycles. The number of rotatable bonds is 10. The molecule has 1 amide bonds. The van der Waals surface area contributed by atoms with Crippen LogP contribution in [0.2, 0.25) is 0 Å². The second kappa shape index (κ2) is 10.4. The van der Waals surface area contributed by atoms with Gasteiger partial charge in [-0.3, -0.25) is 4.79 Å². The lowest BCUT2D eigenvalue weighted by Crippen LogP contribution is -2.40. The first-order valence-electron chi connectivity index (χ1n) is 7.89. The largest absolute Gasteiger partial charge is 0.497 e. The van der Waals surface area contributed by atoms with Gasteiger partial charge in [0.2, 0.25) is 5.91 Å². The third-order valence-electron chi connectivity index (χ3n) is 3.90. The number of nitrogens with zero attached hydrogens (tertiary/aromatic N) is 1. The molecule has 1 N–H and O–H groups in total. The number of hydrogen-bond donors (Lipinski definition) is 1. The number of hydrogen-bond acceptors (Lipinski definition) is 5. The molecule has 0 heterocycles. The zero-order valence-electron chi connectivity index (χ0n) is 14.5. The Morgan fingerprint density at radius 2 is 2.00 bits per heavy atom. The van der Waals surface area contributed by atoms with Crippen molar-refractivity contribution < 1.29 is 19.0 Å². The number of ether oxygens (including phenoxy) is 3. The highest BCUT2D eigenvalue weighted by Gasteiger charge is 2.32. The van der Waals surface area contributed by atoms with Crippen LogP contribution in [-0.4, -0.2) is 57.9 Å². The summed E-state index contributed by atoms with van der Waals surface area (Å²) in [7, 11) is 4.92. The van der Waals surface area contributed by atoms with Gasteiger partial charge in [0.15, 0.2) is 0 Å². The number of methoxy groups -OCH3 is 3. The maximum atomic E-state index is 12.5. The van der Waals surface area contributed by atoms with Crippen LogP contribution in [0.15, 0.2) is 18.2 Å². The van der Waals surface area contributed by atoms with E-state index < -0.39 is 0 Å². The molecule has 136 valence electrons. The summed E-state index contributed by atoms with van der Waals surface area (Å²) in [5.41, 5.74) is 0.962. The minimum absolute atomic E-state index is 0. The van der Waals surface area contributed by atoms with Gasteiger partial charge in [0.25, 0.3) is 0 Å². The normalized spacial score (nSPS) is 13.1. The van der Waals surface area contributed by atoms with Crippen molar-refractivity contribution in [3.63, 3.8) is 0 Å². The molecule has 1 aromatic rings. The average molecular weight is 359 g/mol. The van der Waals surface area contributed by atoms with Gasteiger partial charge in [0.05, 0.1) is 27.4 Å². The third kappa shape index (κ3) is 5.85. The summed E-state index contributed by atoms with van der Waals surface area (Å²) in [4.78, 5) is 14.4. The van der Waals surface area contributed by atoms with Crippen molar-refractivity contribution in [2.24, 2.45) is 0 Å². The zero-order valence-corrected chi connectivity index (χ0v) is 15.4. The van der Waals surface area contributed by atoms with Gasteiger partial charge in [0.1, 0.15) is 11.5 Å². The Bertz CT molecular complexity index is 523. The van der Waals surface area contributed by atoms with Crippen molar-refractivity contribution in [1.82, 2.24) is 10.2 Å². The lowest BCUT2D eigenvalue weighted by atomic mass is 10.1. The van der Waals surface area contributed by atoms with Gasteiger partial charge >= 0.3 is 0 Å². The Morgan fingerprint density at radius 3 is 2.58 bits per heavy atom. The molecule has 0 spiro atoms. The molecule has 0 atom stereocenters. The Balaban J connectivity index is 0.00000288. The molecule has 7 heteroatoms. The van der Waals surface area contributed by atoms with Gasteiger partial charge in [-0.05, 0) is 31.0 Å². The first kappa shape index (κ1) is 20.5. The molecule has 0 unspecified atom stereocenters. The van der Waals surface area contributed by atoms with Gasteiger partial charge in [-0.15, -0.1) is 12.4 Å². The van der Waals surface area contributed by atoms with Crippen LogP contribution in [0.5, 0.6) is 11.5 Å². The second-order valence-corrected chi connectivity index (χ2v) is 5.60. The minimum atomic E-state index is 0. The van der Waals surface area contributed by atoms with E-state index in [2.05, 4.69) is 5.32 Å². The highest BCUT2D eigenvalue weighted by atomic mass is 35.5. The Labute approximate surface area is 149 Å². The first-order chi connectivity index (χ1) is 11.2. The summed E-state index contributed by atoms with van der Waals surface area (Å²) in [6.45, 7) is 2.13. The summed E-state index contributed by atoms with van der Waals surface area (Å²) < 4.78 is 15.7. The summed E-state index contributed by atoms with van der Waals surface area (Å²) >= 11 is 0. The van der Waals surface area contributed by atoms with E-state index in [1.165, 1.54) is 0 Å². The fourth-order valence-corrected chi connectivity index (χ4v) is 2.47. The zero-order chi connectivity index (χ0) is 16.7. The average Bonchev–Trinajstić information content (AvgIpc) is 3.41. The Hall–Kier alpha value is -1.50. The molecule has 2 rings (SSSR count). The molecule has 1 fully saturated rings. The van der Waals surface area contributed by atoms with Crippen LogP contribution in [-0.2, 0) is 16.1 Å². The van der Waals surface area contributed by atoms with Crippen LogP contribution in [0.25, 0.3) is 0 Å². The molecule has 1 aliphatic carbocycles. The molecule has 0 aromatic heterocycles. The predicted molar refractivity (Wildman–Crippen MR) is 95.1 cm³/mol. The van der Waals surface area contributed by atoms with Crippen LogP contribution >= 0.6 is 12.4 Å². The Kier molecular flexibility index (Phi) is 8.89. The summed E-state index contributed by atoms with van der Waals surface area (Å²) in [5.74, 6) is 1.65. The molecule has 6 nitrogen and oxygen atoms in total. The highest BCUT2D eigenvalue weighted by molar-refractivity contribution is 5.85. The molecule has 1 aliphatic rings. The van der Waals surface area contributed by atoms with Crippen molar-refractivity contribution in [2.75, 3.05) is 41.0 Å². The summed E-state index contributed by atoms with van der Waals surface area (Å²) in [6, 6.07) is 6.00. The van der Waals surface area contributed by atoms with E-state index in [9.17, 15) is 4.79 Å². The quantitative estimate of drug-likeness (QED) is 0.647. The fourth-order valence-electron chi connectivity index (χ4n) is 2.47. The van der Waals surface area contributed by atoms with Gasteiger partial charge in [-0.2, -0.15) is 0 Å². The fraction of sp³-hybridized carbons (Fsp3) is 0.588. The van der Waals surface area contributed by atoms with Crippen molar-refractivity contribution in [3.05, 3.63) is 23.8 Å². The minimum Gasteiger partial charge on any atom is -0.497 e. The smallest absolute Gasteiger partial charge is 0.237 e. The van der Waals surface area contributed by atoms with Crippen LogP contribution in [0.1, 0.15) is 18.4 Å². The standard InChI is InChI=1S/C17H26N2O4.ClH/c1-21-9-8-18-11-17(20)19(14-4-5-14)12-13-10-15(22-2)6-7-16(13)23-3;/h6-7,10,14,18H,4-5,8-9,11-12H2,1-3H3;1H. The second-order valence-electron chi connectivity index (χ2n) is 5.60. The predicted octanol–water partition coefficient (Wildman–Crippen LogP) is 1.85. The van der Waals surface area contributed by atoms with E-state index in [-0.39, 0.29) is 18.3 Å².